The SMILES string of the molecule is CC.CCCC1=Nc2cc(C(=O)NCc3ccco3)ccc2Sc2ccccc21. The molecule has 1 aliphatic heterocycles. The minimum absolute atomic E-state index is 0.131. The molecule has 2 aromatic carbocycles. The summed E-state index contributed by atoms with van der Waals surface area (Å²) in [5, 5.41) is 2.89. The highest BCUT2D eigenvalue weighted by atomic mass is 32.2. The minimum Gasteiger partial charge on any atom is -0.467 e. The molecule has 0 atom stereocenters. The molecule has 3 aromatic rings. The molecule has 0 radical (unpaired) electrons. The fraction of sp³-hybridized carbons (Fsp3) is 0.250. The number of hydrogen-bond donors (Lipinski definition) is 1. The number of aliphatic imine (C=N–C) groups is 1. The van der Waals surface area contributed by atoms with Crippen LogP contribution in [-0.2, 0) is 6.54 Å². The molecule has 4 rings (SSSR count). The highest BCUT2D eigenvalue weighted by molar-refractivity contribution is 7.99. The summed E-state index contributed by atoms with van der Waals surface area (Å²) in [5.74, 6) is 0.598. The first-order chi connectivity index (χ1) is 14.2. The molecule has 1 aromatic heterocycles. The van der Waals surface area contributed by atoms with E-state index in [1.165, 1.54) is 10.5 Å². The van der Waals surface area contributed by atoms with E-state index < -0.39 is 0 Å². The number of amides is 1. The van der Waals surface area contributed by atoms with Gasteiger partial charge in [-0.1, -0.05) is 57.2 Å². The predicted octanol–water partition coefficient (Wildman–Crippen LogP) is 6.62. The Hall–Kier alpha value is -2.79. The van der Waals surface area contributed by atoms with Crippen molar-refractivity contribution < 1.29 is 9.21 Å². The van der Waals surface area contributed by atoms with Gasteiger partial charge in [-0.25, -0.2) is 0 Å². The summed E-state index contributed by atoms with van der Waals surface area (Å²) < 4.78 is 5.26. The summed E-state index contributed by atoms with van der Waals surface area (Å²) >= 11 is 1.70. The van der Waals surface area contributed by atoms with Crippen LogP contribution >= 0.6 is 11.8 Å². The molecule has 1 N–H and O–H groups in total. The molecule has 0 saturated carbocycles. The average Bonchev–Trinajstić information content (AvgIpc) is 3.23. The normalized spacial score (nSPS) is 11.9. The molecular weight excluding hydrogens is 380 g/mol. The van der Waals surface area contributed by atoms with Crippen LogP contribution in [0.4, 0.5) is 5.69 Å². The van der Waals surface area contributed by atoms with Gasteiger partial charge in [-0.2, -0.15) is 0 Å². The standard InChI is InChI=1S/C22H20N2O2S.C2H6/c1-2-6-18-17-8-3-4-9-20(17)27-21-11-10-15(13-19(21)24-18)22(25)23-14-16-7-5-12-26-16;1-2/h3-5,7-13H,2,6,14H2,1H3,(H,23,25);1-2H3. The molecule has 0 fully saturated rings. The molecule has 0 spiro atoms. The molecule has 2 heterocycles. The zero-order valence-electron chi connectivity index (χ0n) is 17.1. The lowest BCUT2D eigenvalue weighted by molar-refractivity contribution is 0.0948. The highest BCUT2D eigenvalue weighted by Crippen LogP contribution is 2.41. The molecule has 0 bridgehead atoms. The molecule has 5 heteroatoms. The highest BCUT2D eigenvalue weighted by Gasteiger charge is 2.18. The van der Waals surface area contributed by atoms with Crippen molar-refractivity contribution >= 4 is 29.1 Å². The summed E-state index contributed by atoms with van der Waals surface area (Å²) in [6.07, 6.45) is 3.53. The van der Waals surface area contributed by atoms with E-state index in [9.17, 15) is 4.79 Å². The molecule has 29 heavy (non-hydrogen) atoms. The molecular formula is C24H26N2O2S. The van der Waals surface area contributed by atoms with Gasteiger partial charge in [0.2, 0.25) is 0 Å². The van der Waals surface area contributed by atoms with E-state index in [-0.39, 0.29) is 5.91 Å². The Balaban J connectivity index is 0.00000117. The van der Waals surface area contributed by atoms with E-state index in [0.717, 1.165) is 34.9 Å². The molecule has 0 saturated heterocycles. The van der Waals surface area contributed by atoms with Gasteiger partial charge in [0.25, 0.3) is 5.91 Å². The van der Waals surface area contributed by atoms with Crippen molar-refractivity contribution in [3.8, 4) is 0 Å². The molecule has 0 aliphatic carbocycles. The van der Waals surface area contributed by atoms with Crippen molar-refractivity contribution in [2.45, 2.75) is 49.9 Å². The Morgan fingerprint density at radius 3 is 2.66 bits per heavy atom. The maximum Gasteiger partial charge on any atom is 0.251 e. The van der Waals surface area contributed by atoms with Crippen LogP contribution in [0.2, 0.25) is 0 Å². The van der Waals surface area contributed by atoms with Gasteiger partial charge in [0, 0.05) is 26.6 Å². The fourth-order valence-electron chi connectivity index (χ4n) is 3.06. The summed E-state index contributed by atoms with van der Waals surface area (Å²) in [7, 11) is 0. The second kappa shape index (κ2) is 10.1. The maximum absolute atomic E-state index is 12.5. The van der Waals surface area contributed by atoms with Crippen molar-refractivity contribution in [2.75, 3.05) is 0 Å². The number of carbonyl (C=O) groups is 1. The van der Waals surface area contributed by atoms with Gasteiger partial charge < -0.3 is 9.73 Å². The van der Waals surface area contributed by atoms with Crippen LogP contribution in [0.5, 0.6) is 0 Å². The minimum atomic E-state index is -0.131. The Kier molecular flexibility index (Phi) is 7.30. The van der Waals surface area contributed by atoms with E-state index in [4.69, 9.17) is 9.41 Å². The first-order valence-corrected chi connectivity index (χ1v) is 10.9. The molecule has 4 nitrogen and oxygen atoms in total. The van der Waals surface area contributed by atoms with Gasteiger partial charge in [-0.15, -0.1) is 0 Å². The lowest BCUT2D eigenvalue weighted by Gasteiger charge is -2.07. The number of benzene rings is 2. The van der Waals surface area contributed by atoms with Crippen molar-refractivity contribution in [3.63, 3.8) is 0 Å². The smallest absolute Gasteiger partial charge is 0.251 e. The Bertz CT molecular complexity index is 994. The van der Waals surface area contributed by atoms with Crippen LogP contribution in [0, 0.1) is 0 Å². The lowest BCUT2D eigenvalue weighted by atomic mass is 10.1. The summed E-state index contributed by atoms with van der Waals surface area (Å²) in [5.41, 5.74) is 3.72. The molecule has 1 aliphatic rings. The quantitative estimate of drug-likeness (QED) is 0.518. The van der Waals surface area contributed by atoms with Crippen molar-refractivity contribution in [1.82, 2.24) is 5.32 Å². The Morgan fingerprint density at radius 2 is 1.90 bits per heavy atom. The van der Waals surface area contributed by atoms with Gasteiger partial charge >= 0.3 is 0 Å². The van der Waals surface area contributed by atoms with Crippen molar-refractivity contribution in [2.24, 2.45) is 4.99 Å². The van der Waals surface area contributed by atoms with E-state index in [1.54, 1.807) is 18.0 Å². The lowest BCUT2D eigenvalue weighted by Crippen LogP contribution is -2.22. The Labute approximate surface area is 176 Å². The molecule has 1 amide bonds. The molecule has 0 unspecified atom stereocenters. The topological polar surface area (TPSA) is 54.6 Å². The number of furan rings is 1. The van der Waals surface area contributed by atoms with Crippen LogP contribution in [0.1, 0.15) is 55.3 Å². The predicted molar refractivity (Wildman–Crippen MR) is 119 cm³/mol. The first kappa shape index (κ1) is 20.9. The summed E-state index contributed by atoms with van der Waals surface area (Å²) in [4.78, 5) is 19.7. The maximum atomic E-state index is 12.5. The number of nitrogens with one attached hydrogen (secondary N) is 1. The van der Waals surface area contributed by atoms with E-state index in [0.29, 0.717) is 12.1 Å². The summed E-state index contributed by atoms with van der Waals surface area (Å²) in [6, 6.07) is 17.7. The fourth-order valence-corrected chi connectivity index (χ4v) is 4.08. The van der Waals surface area contributed by atoms with Crippen LogP contribution in [0.25, 0.3) is 0 Å². The van der Waals surface area contributed by atoms with Crippen LogP contribution in [0.3, 0.4) is 0 Å². The molecule has 150 valence electrons. The average molecular weight is 407 g/mol. The van der Waals surface area contributed by atoms with Crippen LogP contribution < -0.4 is 5.32 Å². The third-order valence-corrected chi connectivity index (χ3v) is 5.53. The number of carbonyl (C=O) groups excluding carboxylic acids is 1. The van der Waals surface area contributed by atoms with E-state index in [1.807, 2.05) is 50.2 Å². The number of rotatable bonds is 5. The van der Waals surface area contributed by atoms with E-state index in [2.05, 4.69) is 30.4 Å². The monoisotopic (exact) mass is 406 g/mol. The second-order valence-corrected chi connectivity index (χ2v) is 7.44. The number of nitrogens with zero attached hydrogens (tertiary/aromatic N) is 1. The van der Waals surface area contributed by atoms with Gasteiger partial charge in [-0.05, 0) is 42.8 Å². The number of hydrogen-bond acceptors (Lipinski definition) is 4. The van der Waals surface area contributed by atoms with Crippen molar-refractivity contribution in [3.05, 3.63) is 77.7 Å². The third-order valence-electron chi connectivity index (χ3n) is 4.38. The van der Waals surface area contributed by atoms with Gasteiger partial charge in [0.05, 0.1) is 18.5 Å². The zero-order valence-corrected chi connectivity index (χ0v) is 17.9. The largest absolute Gasteiger partial charge is 0.467 e. The van der Waals surface area contributed by atoms with Gasteiger partial charge in [-0.3, -0.25) is 9.79 Å². The van der Waals surface area contributed by atoms with Crippen LogP contribution in [-0.4, -0.2) is 11.6 Å². The van der Waals surface area contributed by atoms with Gasteiger partial charge in [0.1, 0.15) is 5.76 Å². The van der Waals surface area contributed by atoms with Crippen molar-refractivity contribution in [1.29, 1.82) is 0 Å². The summed E-state index contributed by atoms with van der Waals surface area (Å²) in [6.45, 7) is 6.52. The zero-order chi connectivity index (χ0) is 20.6. The first-order valence-electron chi connectivity index (χ1n) is 10.0. The van der Waals surface area contributed by atoms with E-state index >= 15 is 0 Å². The third kappa shape index (κ3) is 4.98. The Morgan fingerprint density at radius 1 is 1.07 bits per heavy atom. The number of fused-ring (bicyclic) bond motifs is 2. The second-order valence-electron chi connectivity index (χ2n) is 6.35. The van der Waals surface area contributed by atoms with Gasteiger partial charge in [0.15, 0.2) is 0 Å². The van der Waals surface area contributed by atoms with Crippen LogP contribution in [0.15, 0.2) is 80.1 Å².